The van der Waals surface area contributed by atoms with E-state index in [0.29, 0.717) is 22.2 Å². The lowest BCUT2D eigenvalue weighted by Crippen LogP contribution is -2.44. The molecule has 0 aromatic heterocycles. The summed E-state index contributed by atoms with van der Waals surface area (Å²) in [6.07, 6.45) is -5.19. The number of carbonyl (C=O) groups excluding carboxylic acids is 1. The summed E-state index contributed by atoms with van der Waals surface area (Å²) in [5.74, 6) is -2.86. The fourth-order valence-corrected chi connectivity index (χ4v) is 2.63. The van der Waals surface area contributed by atoms with E-state index in [-0.39, 0.29) is 0 Å². The number of hydrogen-bond acceptors (Lipinski definition) is 2. The lowest BCUT2D eigenvalue weighted by Gasteiger charge is -2.19. The molecular formula is C19H11F5OS. The molecule has 0 atom stereocenters. The third-order valence-corrected chi connectivity index (χ3v) is 4.06. The van der Waals surface area contributed by atoms with Crippen molar-refractivity contribution < 1.29 is 26.7 Å². The first kappa shape index (κ1) is 19.7. The predicted molar refractivity (Wildman–Crippen MR) is 89.7 cm³/mol. The van der Waals surface area contributed by atoms with Crippen molar-refractivity contribution in [1.82, 2.24) is 0 Å². The summed E-state index contributed by atoms with van der Waals surface area (Å²) in [5, 5.41) is 0. The van der Waals surface area contributed by atoms with Crippen LogP contribution in [0.5, 0.6) is 0 Å². The summed E-state index contributed by atoms with van der Waals surface area (Å²) in [6, 6.07) is 16.2. The van der Waals surface area contributed by atoms with Crippen LogP contribution >= 0.6 is 11.8 Å². The molecule has 0 fully saturated rings. The molecule has 2 aromatic rings. The van der Waals surface area contributed by atoms with E-state index < -0.39 is 22.8 Å². The molecule has 0 saturated carbocycles. The molecule has 0 aliphatic rings. The Hall–Kier alpha value is -2.59. The molecule has 0 saturated heterocycles. The van der Waals surface area contributed by atoms with Gasteiger partial charge in [0, 0.05) is 16.5 Å². The van der Waals surface area contributed by atoms with Gasteiger partial charge in [0.2, 0.25) is 5.78 Å². The highest BCUT2D eigenvalue weighted by atomic mass is 32.2. The van der Waals surface area contributed by atoms with Crippen LogP contribution in [-0.4, -0.2) is 17.9 Å². The van der Waals surface area contributed by atoms with Gasteiger partial charge in [0.15, 0.2) is 0 Å². The van der Waals surface area contributed by atoms with Crippen molar-refractivity contribution in [2.45, 2.75) is 17.0 Å². The zero-order chi connectivity index (χ0) is 19.2. The maximum Gasteiger partial charge on any atom is 0.461 e. The molecule has 0 unspecified atom stereocenters. The van der Waals surface area contributed by atoms with E-state index in [9.17, 15) is 26.7 Å². The fraction of sp³-hybridized carbons (Fsp3) is 0.105. The normalized spacial score (nSPS) is 12.3. The molecule has 26 heavy (non-hydrogen) atoms. The fourth-order valence-electron chi connectivity index (χ4n) is 1.75. The SMILES string of the molecule is O=C(/C(=C/C#Cc1ccccc1)Sc1ccccc1)C(F)(F)C(F)(F)F. The first-order valence-corrected chi connectivity index (χ1v) is 8.02. The Bertz CT molecular complexity index is 846. The number of benzene rings is 2. The van der Waals surface area contributed by atoms with E-state index in [1.54, 1.807) is 48.5 Å². The Morgan fingerprint density at radius 2 is 1.42 bits per heavy atom. The average molecular weight is 382 g/mol. The van der Waals surface area contributed by atoms with Crippen molar-refractivity contribution in [2.75, 3.05) is 0 Å². The Morgan fingerprint density at radius 1 is 0.885 bits per heavy atom. The first-order valence-electron chi connectivity index (χ1n) is 7.21. The predicted octanol–water partition coefficient (Wildman–Crippen LogP) is 5.48. The van der Waals surface area contributed by atoms with Crippen molar-refractivity contribution in [2.24, 2.45) is 0 Å². The minimum absolute atomic E-state index is 0.339. The lowest BCUT2D eigenvalue weighted by molar-refractivity contribution is -0.266. The van der Waals surface area contributed by atoms with E-state index in [4.69, 9.17) is 0 Å². The second-order valence-electron chi connectivity index (χ2n) is 4.96. The van der Waals surface area contributed by atoms with Gasteiger partial charge in [-0.3, -0.25) is 4.79 Å². The summed E-state index contributed by atoms with van der Waals surface area (Å²) in [5.41, 5.74) is 0.530. The summed E-state index contributed by atoms with van der Waals surface area (Å²) >= 11 is 0.504. The smallest absolute Gasteiger partial charge is 0.286 e. The van der Waals surface area contributed by atoms with E-state index in [1.165, 1.54) is 12.1 Å². The Morgan fingerprint density at radius 3 is 1.96 bits per heavy atom. The number of thioether (sulfide) groups is 1. The largest absolute Gasteiger partial charge is 0.461 e. The molecule has 0 spiro atoms. The van der Waals surface area contributed by atoms with Gasteiger partial charge in [-0.2, -0.15) is 22.0 Å². The van der Waals surface area contributed by atoms with Gasteiger partial charge in [-0.1, -0.05) is 60.0 Å². The molecule has 0 amide bonds. The van der Waals surface area contributed by atoms with Gasteiger partial charge in [0.05, 0.1) is 4.91 Å². The molecule has 1 nitrogen and oxygen atoms in total. The van der Waals surface area contributed by atoms with Crippen LogP contribution in [0.15, 0.2) is 76.5 Å². The van der Waals surface area contributed by atoms with Crippen LogP contribution in [0.4, 0.5) is 22.0 Å². The van der Waals surface area contributed by atoms with Crippen LogP contribution in [0.1, 0.15) is 5.56 Å². The monoisotopic (exact) mass is 382 g/mol. The van der Waals surface area contributed by atoms with Crippen LogP contribution in [0.25, 0.3) is 0 Å². The molecule has 2 aromatic carbocycles. The third kappa shape index (κ3) is 4.96. The van der Waals surface area contributed by atoms with Gasteiger partial charge in [0.1, 0.15) is 0 Å². The minimum Gasteiger partial charge on any atom is -0.286 e. The lowest BCUT2D eigenvalue weighted by atomic mass is 10.2. The maximum absolute atomic E-state index is 13.5. The molecular weight excluding hydrogens is 371 g/mol. The highest BCUT2D eigenvalue weighted by Gasteiger charge is 2.63. The number of allylic oxidation sites excluding steroid dienone is 2. The number of hydrogen-bond donors (Lipinski definition) is 0. The molecule has 134 valence electrons. The second kappa shape index (κ2) is 8.19. The number of carbonyl (C=O) groups is 1. The summed E-state index contributed by atoms with van der Waals surface area (Å²) in [4.78, 5) is 11.4. The van der Waals surface area contributed by atoms with Gasteiger partial charge in [-0.15, -0.1) is 0 Å². The van der Waals surface area contributed by atoms with Crippen LogP contribution in [-0.2, 0) is 4.79 Å². The molecule has 0 bridgehead atoms. The highest BCUT2D eigenvalue weighted by Crippen LogP contribution is 2.41. The number of alkyl halides is 5. The Kier molecular flexibility index (Phi) is 6.22. The molecule has 0 heterocycles. The number of Topliss-reactive ketones (excluding diaryl/α,β-unsaturated/α-hetero) is 1. The maximum atomic E-state index is 13.5. The summed E-state index contributed by atoms with van der Waals surface area (Å²) in [7, 11) is 0. The topological polar surface area (TPSA) is 17.1 Å². The highest BCUT2D eigenvalue weighted by molar-refractivity contribution is 8.04. The van der Waals surface area contributed by atoms with Gasteiger partial charge in [-0.05, 0) is 24.3 Å². The Balaban J connectivity index is 2.38. The molecule has 0 aliphatic heterocycles. The van der Waals surface area contributed by atoms with Crippen LogP contribution < -0.4 is 0 Å². The Labute approximate surface area is 150 Å². The first-order chi connectivity index (χ1) is 12.2. The molecule has 0 N–H and O–H groups in total. The van der Waals surface area contributed by atoms with E-state index in [0.717, 1.165) is 6.08 Å². The van der Waals surface area contributed by atoms with Crippen LogP contribution in [0.2, 0.25) is 0 Å². The van der Waals surface area contributed by atoms with E-state index in [1.807, 2.05) is 0 Å². The zero-order valence-corrected chi connectivity index (χ0v) is 13.9. The average Bonchev–Trinajstić information content (AvgIpc) is 2.61. The quantitative estimate of drug-likeness (QED) is 0.301. The minimum atomic E-state index is -5.98. The van der Waals surface area contributed by atoms with Crippen molar-refractivity contribution in [3.8, 4) is 11.8 Å². The molecule has 0 aliphatic carbocycles. The van der Waals surface area contributed by atoms with Crippen LogP contribution in [0, 0.1) is 11.8 Å². The standard InChI is InChI=1S/C19H11F5OS/c20-18(21,19(22,23)24)17(25)16(26-15-11-5-2-6-12-15)13-7-10-14-8-3-1-4-9-14/h1-6,8-9,11-13H/b16-13-. The molecule has 2 rings (SSSR count). The van der Waals surface area contributed by atoms with E-state index in [2.05, 4.69) is 11.8 Å². The summed E-state index contributed by atoms with van der Waals surface area (Å²) in [6.45, 7) is 0. The summed E-state index contributed by atoms with van der Waals surface area (Å²) < 4.78 is 64.5. The van der Waals surface area contributed by atoms with Gasteiger partial charge < -0.3 is 0 Å². The molecule has 7 heteroatoms. The van der Waals surface area contributed by atoms with Gasteiger partial charge in [-0.25, -0.2) is 0 Å². The van der Waals surface area contributed by atoms with E-state index >= 15 is 0 Å². The zero-order valence-electron chi connectivity index (χ0n) is 13.1. The number of rotatable bonds is 4. The second-order valence-corrected chi connectivity index (χ2v) is 6.08. The number of halogens is 5. The third-order valence-electron chi connectivity index (χ3n) is 3.03. The van der Waals surface area contributed by atoms with Gasteiger partial charge >= 0.3 is 12.1 Å². The number of ketones is 1. The molecule has 0 radical (unpaired) electrons. The van der Waals surface area contributed by atoms with Crippen molar-refractivity contribution in [1.29, 1.82) is 0 Å². The van der Waals surface area contributed by atoms with Crippen LogP contribution in [0.3, 0.4) is 0 Å². The van der Waals surface area contributed by atoms with Crippen molar-refractivity contribution in [3.05, 3.63) is 77.2 Å². The van der Waals surface area contributed by atoms with Crippen molar-refractivity contribution in [3.63, 3.8) is 0 Å². The van der Waals surface area contributed by atoms with Gasteiger partial charge in [0.25, 0.3) is 0 Å². The van der Waals surface area contributed by atoms with Crippen molar-refractivity contribution >= 4 is 17.5 Å².